The zero-order valence-electron chi connectivity index (χ0n) is 12.0. The van der Waals surface area contributed by atoms with Crippen molar-refractivity contribution in [3.05, 3.63) is 0 Å². The van der Waals surface area contributed by atoms with Crippen LogP contribution < -0.4 is 10.6 Å². The van der Waals surface area contributed by atoms with Gasteiger partial charge in [0.2, 0.25) is 5.91 Å². The summed E-state index contributed by atoms with van der Waals surface area (Å²) in [6.07, 6.45) is 3.13. The molecule has 1 amide bonds. The summed E-state index contributed by atoms with van der Waals surface area (Å²) in [6.45, 7) is 7.87. The van der Waals surface area contributed by atoms with Crippen LogP contribution in [0.1, 0.15) is 33.1 Å². The molecule has 1 saturated heterocycles. The van der Waals surface area contributed by atoms with E-state index in [1.54, 1.807) is 7.11 Å². The average molecular weight is 256 g/mol. The molecular weight excluding hydrogens is 228 g/mol. The third-order valence-electron chi connectivity index (χ3n) is 3.75. The highest BCUT2D eigenvalue weighted by Gasteiger charge is 2.21. The number of ether oxygens (including phenoxy) is 1. The van der Waals surface area contributed by atoms with Crippen LogP contribution in [0.5, 0.6) is 0 Å². The molecule has 4 nitrogen and oxygen atoms in total. The van der Waals surface area contributed by atoms with Crippen molar-refractivity contribution in [1.29, 1.82) is 0 Å². The van der Waals surface area contributed by atoms with Gasteiger partial charge in [-0.15, -0.1) is 0 Å². The maximum atomic E-state index is 11.8. The van der Waals surface area contributed by atoms with Crippen molar-refractivity contribution in [2.75, 3.05) is 33.4 Å². The lowest BCUT2D eigenvalue weighted by atomic mass is 9.85. The molecule has 1 rings (SSSR count). The van der Waals surface area contributed by atoms with Gasteiger partial charge in [-0.2, -0.15) is 0 Å². The molecule has 0 aliphatic carbocycles. The predicted molar refractivity (Wildman–Crippen MR) is 73.4 cm³/mol. The third kappa shape index (κ3) is 5.83. The van der Waals surface area contributed by atoms with Gasteiger partial charge in [-0.3, -0.25) is 4.79 Å². The largest absolute Gasteiger partial charge is 0.384 e. The van der Waals surface area contributed by atoms with E-state index in [0.717, 1.165) is 13.1 Å². The molecule has 18 heavy (non-hydrogen) atoms. The van der Waals surface area contributed by atoms with Gasteiger partial charge in [-0.1, -0.05) is 13.8 Å². The zero-order chi connectivity index (χ0) is 13.4. The lowest BCUT2D eigenvalue weighted by Gasteiger charge is -2.28. The molecule has 0 aromatic carbocycles. The van der Waals surface area contributed by atoms with Crippen LogP contribution in [0.3, 0.4) is 0 Å². The molecular formula is C14H28N2O2. The van der Waals surface area contributed by atoms with E-state index in [-0.39, 0.29) is 5.91 Å². The third-order valence-corrected chi connectivity index (χ3v) is 3.75. The van der Waals surface area contributed by atoms with Crippen LogP contribution in [0.2, 0.25) is 0 Å². The average Bonchev–Trinajstić information content (AvgIpc) is 2.38. The summed E-state index contributed by atoms with van der Waals surface area (Å²) in [5.41, 5.74) is 0. The van der Waals surface area contributed by atoms with E-state index in [4.69, 9.17) is 4.74 Å². The van der Waals surface area contributed by atoms with E-state index in [2.05, 4.69) is 24.5 Å². The standard InChI is InChI=1S/C14H28N2O2/c1-11(10-18-3)8-16-14(17)7-12(2)13-5-4-6-15-9-13/h11-13,15H,4-10H2,1-3H3,(H,16,17). The lowest BCUT2D eigenvalue weighted by molar-refractivity contribution is -0.122. The summed E-state index contributed by atoms with van der Waals surface area (Å²) in [5.74, 6) is 1.68. The fourth-order valence-corrected chi connectivity index (χ4v) is 2.53. The molecule has 0 aromatic heterocycles. The zero-order valence-corrected chi connectivity index (χ0v) is 12.0. The van der Waals surface area contributed by atoms with Crippen LogP contribution in [0.25, 0.3) is 0 Å². The SMILES string of the molecule is COCC(C)CNC(=O)CC(C)C1CCCNC1. The second kappa shape index (κ2) is 8.48. The molecule has 1 heterocycles. The Morgan fingerprint density at radius 2 is 2.28 bits per heavy atom. The van der Waals surface area contributed by atoms with Gasteiger partial charge < -0.3 is 15.4 Å². The Morgan fingerprint density at radius 3 is 2.89 bits per heavy atom. The molecule has 1 fully saturated rings. The van der Waals surface area contributed by atoms with E-state index in [9.17, 15) is 4.79 Å². The molecule has 0 bridgehead atoms. The number of nitrogens with one attached hydrogen (secondary N) is 2. The van der Waals surface area contributed by atoms with Crippen molar-refractivity contribution in [1.82, 2.24) is 10.6 Å². The van der Waals surface area contributed by atoms with Crippen LogP contribution >= 0.6 is 0 Å². The van der Waals surface area contributed by atoms with Crippen molar-refractivity contribution < 1.29 is 9.53 Å². The van der Waals surface area contributed by atoms with Crippen molar-refractivity contribution in [3.8, 4) is 0 Å². The van der Waals surface area contributed by atoms with Gasteiger partial charge in [0.1, 0.15) is 0 Å². The quantitative estimate of drug-likeness (QED) is 0.724. The summed E-state index contributed by atoms with van der Waals surface area (Å²) >= 11 is 0. The second-order valence-corrected chi connectivity index (χ2v) is 5.65. The molecule has 1 aliphatic rings. The molecule has 0 radical (unpaired) electrons. The predicted octanol–water partition coefficient (Wildman–Crippen LogP) is 1.41. The molecule has 3 atom stereocenters. The first kappa shape index (κ1) is 15.4. The second-order valence-electron chi connectivity index (χ2n) is 5.65. The van der Waals surface area contributed by atoms with Gasteiger partial charge >= 0.3 is 0 Å². The Balaban J connectivity index is 2.18. The first-order chi connectivity index (χ1) is 8.63. The van der Waals surface area contributed by atoms with E-state index >= 15 is 0 Å². The highest BCUT2D eigenvalue weighted by molar-refractivity contribution is 5.76. The van der Waals surface area contributed by atoms with Crippen LogP contribution in [-0.2, 0) is 9.53 Å². The number of carbonyl (C=O) groups is 1. The Hall–Kier alpha value is -0.610. The Morgan fingerprint density at radius 1 is 1.50 bits per heavy atom. The van der Waals surface area contributed by atoms with Gasteiger partial charge in [-0.25, -0.2) is 0 Å². The maximum absolute atomic E-state index is 11.8. The Labute approximate surface area is 111 Å². The minimum atomic E-state index is 0.177. The van der Waals surface area contributed by atoms with Crippen LogP contribution in [-0.4, -0.2) is 39.3 Å². The van der Waals surface area contributed by atoms with Gasteiger partial charge in [-0.05, 0) is 43.7 Å². The molecule has 4 heteroatoms. The molecule has 2 N–H and O–H groups in total. The lowest BCUT2D eigenvalue weighted by Crippen LogP contribution is -2.36. The Kier molecular flexibility index (Phi) is 7.28. The van der Waals surface area contributed by atoms with Gasteiger partial charge in [0.15, 0.2) is 0 Å². The summed E-state index contributed by atoms with van der Waals surface area (Å²) < 4.78 is 5.05. The Bertz CT molecular complexity index is 240. The van der Waals surface area contributed by atoms with Crippen molar-refractivity contribution in [3.63, 3.8) is 0 Å². The molecule has 1 aliphatic heterocycles. The molecule has 3 unspecified atom stereocenters. The summed E-state index contributed by atoms with van der Waals surface area (Å²) in [4.78, 5) is 11.8. The van der Waals surface area contributed by atoms with Crippen molar-refractivity contribution >= 4 is 5.91 Å². The summed E-state index contributed by atoms with van der Waals surface area (Å²) in [5, 5.41) is 6.41. The normalized spacial score (nSPS) is 23.4. The fourth-order valence-electron chi connectivity index (χ4n) is 2.53. The highest BCUT2D eigenvalue weighted by Crippen LogP contribution is 2.22. The van der Waals surface area contributed by atoms with E-state index < -0.39 is 0 Å². The molecule has 0 spiro atoms. The minimum Gasteiger partial charge on any atom is -0.384 e. The van der Waals surface area contributed by atoms with Crippen LogP contribution in [0, 0.1) is 17.8 Å². The first-order valence-electron chi connectivity index (χ1n) is 7.09. The van der Waals surface area contributed by atoms with Crippen molar-refractivity contribution in [2.24, 2.45) is 17.8 Å². The maximum Gasteiger partial charge on any atom is 0.220 e. The monoisotopic (exact) mass is 256 g/mol. The smallest absolute Gasteiger partial charge is 0.220 e. The summed E-state index contributed by atoms with van der Waals surface area (Å²) in [7, 11) is 1.69. The number of piperidine rings is 1. The van der Waals surface area contributed by atoms with E-state index in [0.29, 0.717) is 37.3 Å². The molecule has 0 aromatic rings. The van der Waals surface area contributed by atoms with E-state index in [1.165, 1.54) is 12.8 Å². The van der Waals surface area contributed by atoms with Crippen LogP contribution in [0.4, 0.5) is 0 Å². The summed E-state index contributed by atoms with van der Waals surface area (Å²) in [6, 6.07) is 0. The number of rotatable bonds is 7. The minimum absolute atomic E-state index is 0.177. The van der Waals surface area contributed by atoms with Gasteiger partial charge in [0.05, 0.1) is 6.61 Å². The first-order valence-corrected chi connectivity index (χ1v) is 7.09. The number of hydrogen-bond donors (Lipinski definition) is 2. The van der Waals surface area contributed by atoms with E-state index in [1.807, 2.05) is 0 Å². The topological polar surface area (TPSA) is 50.4 Å². The number of hydrogen-bond acceptors (Lipinski definition) is 3. The highest BCUT2D eigenvalue weighted by atomic mass is 16.5. The van der Waals surface area contributed by atoms with Gasteiger partial charge in [0.25, 0.3) is 0 Å². The van der Waals surface area contributed by atoms with Crippen LogP contribution in [0.15, 0.2) is 0 Å². The number of methoxy groups -OCH3 is 1. The number of carbonyl (C=O) groups excluding carboxylic acids is 1. The van der Waals surface area contributed by atoms with Gasteiger partial charge in [0, 0.05) is 20.1 Å². The molecule has 0 saturated carbocycles. The molecule has 106 valence electrons. The number of amides is 1. The fraction of sp³-hybridized carbons (Fsp3) is 0.929. The van der Waals surface area contributed by atoms with Crippen molar-refractivity contribution in [2.45, 2.75) is 33.1 Å².